The summed E-state index contributed by atoms with van der Waals surface area (Å²) in [5.74, 6) is 0.732. The van der Waals surface area contributed by atoms with Crippen LogP contribution in [0.25, 0.3) is 0 Å². The van der Waals surface area contributed by atoms with Crippen LogP contribution in [-0.4, -0.2) is 44.3 Å². The SMILES string of the molecule is COCC1CCN(CCC(N)C(C)(C)C)C1. The third kappa shape index (κ3) is 4.40. The van der Waals surface area contributed by atoms with E-state index >= 15 is 0 Å². The van der Waals surface area contributed by atoms with Gasteiger partial charge in [-0.3, -0.25) is 0 Å². The second-order valence-corrected chi connectivity index (χ2v) is 6.17. The summed E-state index contributed by atoms with van der Waals surface area (Å²) in [6.45, 7) is 11.1. The Morgan fingerprint density at radius 1 is 1.44 bits per heavy atom. The van der Waals surface area contributed by atoms with Gasteiger partial charge in [0.15, 0.2) is 0 Å². The van der Waals surface area contributed by atoms with Gasteiger partial charge in [-0.1, -0.05) is 20.8 Å². The molecule has 0 saturated carbocycles. The Morgan fingerprint density at radius 3 is 2.69 bits per heavy atom. The molecule has 0 radical (unpaired) electrons. The fourth-order valence-corrected chi connectivity index (χ4v) is 2.24. The average molecular weight is 228 g/mol. The van der Waals surface area contributed by atoms with Crippen LogP contribution in [0.3, 0.4) is 0 Å². The third-order valence-corrected chi connectivity index (χ3v) is 3.64. The number of likely N-dealkylation sites (tertiary alicyclic amines) is 1. The van der Waals surface area contributed by atoms with Gasteiger partial charge in [0.2, 0.25) is 0 Å². The zero-order chi connectivity index (χ0) is 12.2. The first-order valence-corrected chi connectivity index (χ1v) is 6.40. The second-order valence-electron chi connectivity index (χ2n) is 6.17. The third-order valence-electron chi connectivity index (χ3n) is 3.64. The van der Waals surface area contributed by atoms with Gasteiger partial charge in [0.1, 0.15) is 0 Å². The van der Waals surface area contributed by atoms with Crippen LogP contribution < -0.4 is 5.73 Å². The summed E-state index contributed by atoms with van der Waals surface area (Å²) in [6, 6.07) is 0.300. The molecule has 0 spiro atoms. The topological polar surface area (TPSA) is 38.5 Å². The fourth-order valence-electron chi connectivity index (χ4n) is 2.24. The Bertz CT molecular complexity index is 201. The largest absolute Gasteiger partial charge is 0.384 e. The molecule has 1 aliphatic heterocycles. The van der Waals surface area contributed by atoms with Gasteiger partial charge >= 0.3 is 0 Å². The van der Waals surface area contributed by atoms with E-state index in [9.17, 15) is 0 Å². The molecule has 2 unspecified atom stereocenters. The summed E-state index contributed by atoms with van der Waals surface area (Å²) in [5, 5.41) is 0. The van der Waals surface area contributed by atoms with Crippen LogP contribution in [0.15, 0.2) is 0 Å². The van der Waals surface area contributed by atoms with Gasteiger partial charge in [-0.05, 0) is 37.3 Å². The molecular formula is C13H28N2O. The molecule has 1 heterocycles. The molecule has 0 bridgehead atoms. The van der Waals surface area contributed by atoms with Crippen molar-refractivity contribution in [1.82, 2.24) is 4.90 Å². The maximum absolute atomic E-state index is 6.17. The highest BCUT2D eigenvalue weighted by Gasteiger charge is 2.25. The zero-order valence-electron chi connectivity index (χ0n) is 11.3. The number of nitrogens with two attached hydrogens (primary N) is 1. The van der Waals surface area contributed by atoms with Crippen LogP contribution in [0.1, 0.15) is 33.6 Å². The molecule has 1 fully saturated rings. The van der Waals surface area contributed by atoms with Gasteiger partial charge in [0.05, 0.1) is 6.61 Å². The Balaban J connectivity index is 2.20. The quantitative estimate of drug-likeness (QED) is 0.778. The molecule has 0 aromatic carbocycles. The van der Waals surface area contributed by atoms with Gasteiger partial charge in [-0.15, -0.1) is 0 Å². The van der Waals surface area contributed by atoms with Crippen LogP contribution >= 0.6 is 0 Å². The van der Waals surface area contributed by atoms with Crippen molar-refractivity contribution in [3.05, 3.63) is 0 Å². The molecule has 0 amide bonds. The van der Waals surface area contributed by atoms with Crippen LogP contribution in [0.5, 0.6) is 0 Å². The Morgan fingerprint density at radius 2 is 2.12 bits per heavy atom. The smallest absolute Gasteiger partial charge is 0.0503 e. The van der Waals surface area contributed by atoms with E-state index in [4.69, 9.17) is 10.5 Å². The minimum atomic E-state index is 0.228. The average Bonchev–Trinajstić information content (AvgIpc) is 2.61. The maximum atomic E-state index is 6.17. The number of hydrogen-bond donors (Lipinski definition) is 1. The van der Waals surface area contributed by atoms with E-state index in [1.165, 1.54) is 19.5 Å². The first kappa shape index (κ1) is 13.9. The normalized spacial score (nSPS) is 24.9. The van der Waals surface area contributed by atoms with E-state index in [2.05, 4.69) is 25.7 Å². The molecule has 1 saturated heterocycles. The van der Waals surface area contributed by atoms with E-state index in [1.807, 2.05) is 0 Å². The lowest BCUT2D eigenvalue weighted by Gasteiger charge is -2.28. The van der Waals surface area contributed by atoms with Gasteiger partial charge in [-0.2, -0.15) is 0 Å². The molecule has 0 aliphatic carbocycles. The van der Waals surface area contributed by atoms with Crippen LogP contribution in [0, 0.1) is 11.3 Å². The van der Waals surface area contributed by atoms with E-state index < -0.39 is 0 Å². The first-order valence-electron chi connectivity index (χ1n) is 6.40. The van der Waals surface area contributed by atoms with Crippen LogP contribution in [-0.2, 0) is 4.74 Å². The molecule has 2 atom stereocenters. The van der Waals surface area contributed by atoms with Crippen molar-refractivity contribution < 1.29 is 4.74 Å². The van der Waals surface area contributed by atoms with E-state index in [1.54, 1.807) is 7.11 Å². The lowest BCUT2D eigenvalue weighted by atomic mass is 9.85. The van der Waals surface area contributed by atoms with Gasteiger partial charge < -0.3 is 15.4 Å². The minimum absolute atomic E-state index is 0.228. The van der Waals surface area contributed by atoms with E-state index in [-0.39, 0.29) is 5.41 Å². The number of nitrogens with zero attached hydrogens (tertiary/aromatic N) is 1. The summed E-state index contributed by atoms with van der Waals surface area (Å²) in [7, 11) is 1.79. The lowest BCUT2D eigenvalue weighted by Crippen LogP contribution is -2.38. The summed E-state index contributed by atoms with van der Waals surface area (Å²) in [6.07, 6.45) is 2.38. The molecule has 3 nitrogen and oxygen atoms in total. The van der Waals surface area contributed by atoms with Crippen molar-refractivity contribution in [3.8, 4) is 0 Å². The van der Waals surface area contributed by atoms with Gasteiger partial charge in [0, 0.05) is 19.7 Å². The Hall–Kier alpha value is -0.120. The summed E-state index contributed by atoms with van der Waals surface area (Å²) in [4.78, 5) is 2.52. The van der Waals surface area contributed by atoms with Crippen molar-refractivity contribution in [2.75, 3.05) is 33.4 Å². The van der Waals surface area contributed by atoms with Crippen LogP contribution in [0.4, 0.5) is 0 Å². The summed E-state index contributed by atoms with van der Waals surface area (Å²) < 4.78 is 5.20. The fraction of sp³-hybridized carbons (Fsp3) is 1.00. The molecule has 1 rings (SSSR count). The zero-order valence-corrected chi connectivity index (χ0v) is 11.3. The molecule has 16 heavy (non-hydrogen) atoms. The highest BCUT2D eigenvalue weighted by Crippen LogP contribution is 2.22. The number of methoxy groups -OCH3 is 1. The van der Waals surface area contributed by atoms with Gasteiger partial charge in [0.25, 0.3) is 0 Å². The molecule has 2 N–H and O–H groups in total. The summed E-state index contributed by atoms with van der Waals surface area (Å²) >= 11 is 0. The van der Waals surface area contributed by atoms with E-state index in [0.717, 1.165) is 25.5 Å². The number of ether oxygens (including phenoxy) is 1. The highest BCUT2D eigenvalue weighted by molar-refractivity contribution is 4.81. The molecule has 3 heteroatoms. The predicted molar refractivity (Wildman–Crippen MR) is 68.5 cm³/mol. The highest BCUT2D eigenvalue weighted by atomic mass is 16.5. The van der Waals surface area contributed by atoms with Crippen molar-refractivity contribution in [3.63, 3.8) is 0 Å². The maximum Gasteiger partial charge on any atom is 0.0503 e. The standard InChI is InChI=1S/C13H28N2O/c1-13(2,3)12(14)6-8-15-7-5-11(9-15)10-16-4/h11-12H,5-10,14H2,1-4H3. The Labute approximate surface area is 100 Å². The second kappa shape index (κ2) is 5.99. The Kier molecular flexibility index (Phi) is 5.22. The van der Waals surface area contributed by atoms with E-state index in [0.29, 0.717) is 6.04 Å². The molecule has 0 aromatic heterocycles. The molecule has 0 aromatic rings. The lowest BCUT2D eigenvalue weighted by molar-refractivity contribution is 0.152. The number of rotatable bonds is 5. The molecule has 96 valence electrons. The summed E-state index contributed by atoms with van der Waals surface area (Å²) in [5.41, 5.74) is 6.40. The van der Waals surface area contributed by atoms with Gasteiger partial charge in [-0.25, -0.2) is 0 Å². The number of hydrogen-bond acceptors (Lipinski definition) is 3. The van der Waals surface area contributed by atoms with Crippen molar-refractivity contribution in [1.29, 1.82) is 0 Å². The molecular weight excluding hydrogens is 200 g/mol. The van der Waals surface area contributed by atoms with Crippen LogP contribution in [0.2, 0.25) is 0 Å². The monoisotopic (exact) mass is 228 g/mol. The predicted octanol–water partition coefficient (Wildman–Crippen LogP) is 1.72. The minimum Gasteiger partial charge on any atom is -0.384 e. The molecule has 1 aliphatic rings. The first-order chi connectivity index (χ1) is 7.43. The van der Waals surface area contributed by atoms with Crippen molar-refractivity contribution in [2.45, 2.75) is 39.7 Å². The van der Waals surface area contributed by atoms with Crippen molar-refractivity contribution >= 4 is 0 Å². The van der Waals surface area contributed by atoms with Crippen molar-refractivity contribution in [2.24, 2.45) is 17.1 Å².